The molecule has 0 radical (unpaired) electrons. The minimum absolute atomic E-state index is 0.527. The van der Waals surface area contributed by atoms with Crippen molar-refractivity contribution < 1.29 is 8.42 Å². The van der Waals surface area contributed by atoms with E-state index in [1.165, 1.54) is 0 Å². The second-order valence-electron chi connectivity index (χ2n) is 7.61. The fraction of sp³-hybridized carbons (Fsp3) is 0.182. The number of anilines is 4. The molecule has 0 saturated heterocycles. The first kappa shape index (κ1) is 20.7. The molecule has 8 nitrogen and oxygen atoms in total. The summed E-state index contributed by atoms with van der Waals surface area (Å²) in [6.45, 7) is 1.85. The second-order valence-corrected chi connectivity index (χ2v) is 9.36. The lowest BCUT2D eigenvalue weighted by Gasteiger charge is -2.12. The number of nitrogens with zero attached hydrogens (tertiary/aromatic N) is 4. The summed E-state index contributed by atoms with van der Waals surface area (Å²) in [5.74, 6) is 0.633. The van der Waals surface area contributed by atoms with Gasteiger partial charge >= 0.3 is 0 Å². The molecule has 2 heterocycles. The van der Waals surface area contributed by atoms with Crippen molar-refractivity contribution in [2.75, 3.05) is 35.3 Å². The van der Waals surface area contributed by atoms with Crippen LogP contribution < -0.4 is 14.9 Å². The lowest BCUT2D eigenvalue weighted by molar-refractivity contribution is 0.607. The van der Waals surface area contributed by atoms with Gasteiger partial charge in [0.2, 0.25) is 10.0 Å². The molecule has 0 unspecified atom stereocenters. The maximum atomic E-state index is 11.6. The van der Waals surface area contributed by atoms with Crippen LogP contribution in [0.25, 0.3) is 16.8 Å². The fourth-order valence-corrected chi connectivity index (χ4v) is 3.86. The van der Waals surface area contributed by atoms with Crippen molar-refractivity contribution in [1.82, 2.24) is 14.6 Å². The van der Waals surface area contributed by atoms with Crippen molar-refractivity contribution in [3.05, 3.63) is 66.5 Å². The zero-order valence-corrected chi connectivity index (χ0v) is 18.6. The second kappa shape index (κ2) is 7.92. The monoisotopic (exact) mass is 436 g/mol. The van der Waals surface area contributed by atoms with Gasteiger partial charge in [-0.2, -0.15) is 5.10 Å². The van der Waals surface area contributed by atoms with E-state index in [4.69, 9.17) is 4.98 Å². The Bertz CT molecular complexity index is 1340. The van der Waals surface area contributed by atoms with Gasteiger partial charge < -0.3 is 10.2 Å². The molecule has 0 fully saturated rings. The number of hydrogen-bond acceptors (Lipinski definition) is 6. The number of benzene rings is 2. The Kier molecular flexibility index (Phi) is 5.28. The van der Waals surface area contributed by atoms with Gasteiger partial charge in [-0.25, -0.2) is 17.9 Å². The van der Waals surface area contributed by atoms with Crippen molar-refractivity contribution in [1.29, 1.82) is 0 Å². The SMILES string of the molecule is Cc1ccc(Nc2ccn3ncc(-c4ccc(N(C)C)cc4)c3n2)cc1NS(C)(=O)=O. The molecule has 31 heavy (non-hydrogen) atoms. The number of aromatic nitrogens is 3. The summed E-state index contributed by atoms with van der Waals surface area (Å²) in [4.78, 5) is 6.78. The predicted molar refractivity (Wildman–Crippen MR) is 126 cm³/mol. The van der Waals surface area contributed by atoms with Gasteiger partial charge in [-0.05, 0) is 48.4 Å². The first-order valence-electron chi connectivity index (χ1n) is 9.67. The van der Waals surface area contributed by atoms with E-state index in [1.807, 2.05) is 45.4 Å². The van der Waals surface area contributed by atoms with Crippen molar-refractivity contribution in [2.24, 2.45) is 0 Å². The van der Waals surface area contributed by atoms with Crippen LogP contribution in [0.15, 0.2) is 60.9 Å². The lowest BCUT2D eigenvalue weighted by atomic mass is 10.1. The van der Waals surface area contributed by atoms with Gasteiger partial charge in [-0.15, -0.1) is 0 Å². The summed E-state index contributed by atoms with van der Waals surface area (Å²) in [6, 6.07) is 15.5. The molecule has 4 aromatic rings. The average Bonchev–Trinajstić information content (AvgIpc) is 3.13. The van der Waals surface area contributed by atoms with Gasteiger partial charge in [-0.3, -0.25) is 4.72 Å². The number of aryl methyl sites for hydroxylation is 1. The van der Waals surface area contributed by atoms with Crippen LogP contribution in [0, 0.1) is 6.92 Å². The van der Waals surface area contributed by atoms with E-state index < -0.39 is 10.0 Å². The van der Waals surface area contributed by atoms with E-state index >= 15 is 0 Å². The third kappa shape index (κ3) is 4.61. The van der Waals surface area contributed by atoms with E-state index in [1.54, 1.807) is 16.8 Å². The quantitative estimate of drug-likeness (QED) is 0.477. The fourth-order valence-electron chi connectivity index (χ4n) is 3.24. The minimum atomic E-state index is -3.36. The molecule has 4 rings (SSSR count). The van der Waals surface area contributed by atoms with Gasteiger partial charge in [-0.1, -0.05) is 18.2 Å². The molecule has 160 valence electrons. The molecule has 2 N–H and O–H groups in total. The van der Waals surface area contributed by atoms with Crippen LogP contribution in [0.2, 0.25) is 0 Å². The lowest BCUT2D eigenvalue weighted by Crippen LogP contribution is -2.10. The van der Waals surface area contributed by atoms with Crippen LogP contribution in [0.5, 0.6) is 0 Å². The Hall–Kier alpha value is -3.59. The Morgan fingerprint density at radius 3 is 2.45 bits per heavy atom. The van der Waals surface area contributed by atoms with Gasteiger partial charge in [0.15, 0.2) is 5.65 Å². The van der Waals surface area contributed by atoms with Gasteiger partial charge in [0.25, 0.3) is 0 Å². The van der Waals surface area contributed by atoms with Crippen LogP contribution in [-0.4, -0.2) is 43.4 Å². The van der Waals surface area contributed by atoms with Crippen molar-refractivity contribution in [3.63, 3.8) is 0 Å². The normalized spacial score (nSPS) is 11.5. The van der Waals surface area contributed by atoms with Crippen molar-refractivity contribution in [2.45, 2.75) is 6.92 Å². The van der Waals surface area contributed by atoms with Crippen LogP contribution in [0.4, 0.5) is 22.9 Å². The minimum Gasteiger partial charge on any atom is -0.378 e. The Morgan fingerprint density at radius 1 is 1.03 bits per heavy atom. The zero-order chi connectivity index (χ0) is 22.2. The van der Waals surface area contributed by atoms with E-state index in [9.17, 15) is 8.42 Å². The molecule has 0 aliphatic heterocycles. The summed E-state index contributed by atoms with van der Waals surface area (Å²) in [5, 5.41) is 7.65. The Balaban J connectivity index is 1.66. The average molecular weight is 437 g/mol. The number of rotatable bonds is 6. The summed E-state index contributed by atoms with van der Waals surface area (Å²) in [7, 11) is 0.648. The molecule has 2 aromatic heterocycles. The van der Waals surface area contributed by atoms with E-state index in [2.05, 4.69) is 44.3 Å². The summed E-state index contributed by atoms with van der Waals surface area (Å²) >= 11 is 0. The van der Waals surface area contributed by atoms with Gasteiger partial charge in [0.1, 0.15) is 5.82 Å². The maximum Gasteiger partial charge on any atom is 0.229 e. The number of hydrogen-bond donors (Lipinski definition) is 2. The summed E-state index contributed by atoms with van der Waals surface area (Å²) in [6.07, 6.45) is 4.78. The maximum absolute atomic E-state index is 11.6. The van der Waals surface area contributed by atoms with Crippen LogP contribution >= 0.6 is 0 Å². The van der Waals surface area contributed by atoms with E-state index in [-0.39, 0.29) is 0 Å². The molecular weight excluding hydrogens is 412 g/mol. The van der Waals surface area contributed by atoms with Crippen molar-refractivity contribution in [3.8, 4) is 11.1 Å². The van der Waals surface area contributed by atoms with Gasteiger partial charge in [0, 0.05) is 37.2 Å². The number of nitrogens with one attached hydrogen (secondary N) is 2. The highest BCUT2D eigenvalue weighted by Crippen LogP contribution is 2.28. The highest BCUT2D eigenvalue weighted by Gasteiger charge is 2.11. The third-order valence-electron chi connectivity index (χ3n) is 4.87. The highest BCUT2D eigenvalue weighted by atomic mass is 32.2. The molecule has 0 saturated carbocycles. The smallest absolute Gasteiger partial charge is 0.229 e. The molecule has 2 aromatic carbocycles. The molecule has 0 aliphatic rings. The zero-order valence-electron chi connectivity index (χ0n) is 17.8. The molecule has 0 spiro atoms. The predicted octanol–water partition coefficient (Wildman–Crippen LogP) is 3.89. The van der Waals surface area contributed by atoms with E-state index in [0.717, 1.165) is 40.0 Å². The molecule has 9 heteroatoms. The third-order valence-corrected chi connectivity index (χ3v) is 5.46. The summed E-state index contributed by atoms with van der Waals surface area (Å²) in [5.41, 5.74) is 5.89. The summed E-state index contributed by atoms with van der Waals surface area (Å²) < 4.78 is 27.5. The number of sulfonamides is 1. The Morgan fingerprint density at radius 2 is 1.77 bits per heavy atom. The highest BCUT2D eigenvalue weighted by molar-refractivity contribution is 7.92. The molecule has 0 bridgehead atoms. The molecule has 0 aliphatic carbocycles. The van der Waals surface area contributed by atoms with Crippen LogP contribution in [0.3, 0.4) is 0 Å². The first-order valence-corrected chi connectivity index (χ1v) is 11.6. The largest absolute Gasteiger partial charge is 0.378 e. The van der Waals surface area contributed by atoms with Crippen LogP contribution in [0.1, 0.15) is 5.56 Å². The molecule has 0 atom stereocenters. The van der Waals surface area contributed by atoms with E-state index in [0.29, 0.717) is 11.5 Å². The van der Waals surface area contributed by atoms with Crippen LogP contribution in [-0.2, 0) is 10.0 Å². The number of fused-ring (bicyclic) bond motifs is 1. The standard InChI is InChI=1S/C22H24N6O2S/c1-15-5-8-17(13-20(15)26-31(4,29)30)24-21-11-12-28-22(25-21)19(14-23-28)16-6-9-18(10-7-16)27(2)3/h5-14,26H,1-4H3,(H,24,25). The topological polar surface area (TPSA) is 91.6 Å². The molecule has 0 amide bonds. The Labute approximate surface area is 181 Å². The first-order chi connectivity index (χ1) is 14.7. The van der Waals surface area contributed by atoms with Crippen molar-refractivity contribution >= 4 is 38.6 Å². The van der Waals surface area contributed by atoms with Gasteiger partial charge in [0.05, 0.1) is 18.1 Å². The molecular formula is C22H24N6O2S.